The van der Waals surface area contributed by atoms with Crippen LogP contribution in [0.2, 0.25) is 0 Å². The van der Waals surface area contributed by atoms with Gasteiger partial charge >= 0.3 is 0 Å². The molecule has 0 heterocycles. The summed E-state index contributed by atoms with van der Waals surface area (Å²) < 4.78 is 0. The van der Waals surface area contributed by atoms with E-state index >= 15 is 0 Å². The number of unbranched alkanes of at least 4 members (excludes halogenated alkanes) is 4. The first-order chi connectivity index (χ1) is 7.72. The smallest absolute Gasteiger partial charge is 0.00204 e. The third kappa shape index (κ3) is 4.45. The molecule has 0 bridgehead atoms. The Hall–Kier alpha value is -0.0400. The first-order valence-electron chi connectivity index (χ1n) is 7.42. The van der Waals surface area contributed by atoms with Crippen molar-refractivity contribution in [3.63, 3.8) is 0 Å². The third-order valence-electron chi connectivity index (χ3n) is 4.43. The fraction of sp³-hybridized carbons (Fsp3) is 1.00. The van der Waals surface area contributed by atoms with E-state index < -0.39 is 0 Å². The molecule has 1 aliphatic carbocycles. The lowest BCUT2D eigenvalue weighted by atomic mass is 9.67. The molecule has 1 aliphatic rings. The number of nitrogens with two attached hydrogens (primary N) is 1. The standard InChI is InChI=1S/C15H31N/c1-3-4-5-6-7-10-15(13-16)11-8-9-14(2)12-15/h14H,3-13,16H2,1-2H3. The van der Waals surface area contributed by atoms with Crippen LogP contribution in [-0.2, 0) is 0 Å². The zero-order chi connectivity index (χ0) is 11.9. The van der Waals surface area contributed by atoms with Gasteiger partial charge in [-0.15, -0.1) is 0 Å². The normalized spacial score (nSPS) is 30.6. The van der Waals surface area contributed by atoms with E-state index in [1.54, 1.807) is 0 Å². The molecule has 16 heavy (non-hydrogen) atoms. The zero-order valence-corrected chi connectivity index (χ0v) is 11.4. The maximum absolute atomic E-state index is 6.04. The predicted octanol–water partition coefficient (Wildman–Crippen LogP) is 4.50. The van der Waals surface area contributed by atoms with Gasteiger partial charge in [0.2, 0.25) is 0 Å². The lowest BCUT2D eigenvalue weighted by Crippen LogP contribution is -2.35. The van der Waals surface area contributed by atoms with Crippen LogP contribution in [-0.4, -0.2) is 6.54 Å². The molecule has 1 nitrogen and oxygen atoms in total. The summed E-state index contributed by atoms with van der Waals surface area (Å²) in [6, 6.07) is 0. The third-order valence-corrected chi connectivity index (χ3v) is 4.43. The Morgan fingerprint density at radius 2 is 1.94 bits per heavy atom. The van der Waals surface area contributed by atoms with Gasteiger partial charge < -0.3 is 5.73 Å². The molecule has 2 unspecified atom stereocenters. The summed E-state index contributed by atoms with van der Waals surface area (Å²) in [5.74, 6) is 0.910. The van der Waals surface area contributed by atoms with Crippen molar-refractivity contribution in [2.75, 3.05) is 6.54 Å². The zero-order valence-electron chi connectivity index (χ0n) is 11.4. The quantitative estimate of drug-likeness (QED) is 0.634. The summed E-state index contributed by atoms with van der Waals surface area (Å²) in [4.78, 5) is 0. The second-order valence-electron chi connectivity index (χ2n) is 6.07. The summed E-state index contributed by atoms with van der Waals surface area (Å²) in [6.45, 7) is 5.61. The minimum absolute atomic E-state index is 0.518. The van der Waals surface area contributed by atoms with Gasteiger partial charge in [-0.05, 0) is 37.1 Å². The minimum atomic E-state index is 0.518. The van der Waals surface area contributed by atoms with Crippen molar-refractivity contribution < 1.29 is 0 Å². The van der Waals surface area contributed by atoms with Crippen LogP contribution in [0.25, 0.3) is 0 Å². The Morgan fingerprint density at radius 1 is 1.19 bits per heavy atom. The van der Waals surface area contributed by atoms with Crippen molar-refractivity contribution >= 4 is 0 Å². The summed E-state index contributed by atoms with van der Waals surface area (Å²) in [7, 11) is 0. The van der Waals surface area contributed by atoms with Crippen LogP contribution in [0.5, 0.6) is 0 Å². The van der Waals surface area contributed by atoms with Crippen LogP contribution < -0.4 is 5.73 Å². The van der Waals surface area contributed by atoms with Crippen LogP contribution in [0, 0.1) is 11.3 Å². The molecule has 0 aromatic carbocycles. The fourth-order valence-electron chi connectivity index (χ4n) is 3.39. The van der Waals surface area contributed by atoms with Crippen LogP contribution in [0.3, 0.4) is 0 Å². The van der Waals surface area contributed by atoms with Crippen LogP contribution in [0.4, 0.5) is 0 Å². The van der Waals surface area contributed by atoms with Gasteiger partial charge in [0.15, 0.2) is 0 Å². The van der Waals surface area contributed by atoms with Crippen molar-refractivity contribution in [1.82, 2.24) is 0 Å². The molecule has 1 rings (SSSR count). The molecule has 96 valence electrons. The van der Waals surface area contributed by atoms with E-state index in [0.29, 0.717) is 5.41 Å². The van der Waals surface area contributed by atoms with Gasteiger partial charge in [-0.3, -0.25) is 0 Å². The van der Waals surface area contributed by atoms with Gasteiger partial charge in [0, 0.05) is 0 Å². The fourth-order valence-corrected chi connectivity index (χ4v) is 3.39. The first-order valence-corrected chi connectivity index (χ1v) is 7.42. The lowest BCUT2D eigenvalue weighted by molar-refractivity contribution is 0.137. The van der Waals surface area contributed by atoms with Crippen LogP contribution in [0.15, 0.2) is 0 Å². The average molecular weight is 225 g/mol. The Balaban J connectivity index is 2.24. The first kappa shape index (κ1) is 14.0. The van der Waals surface area contributed by atoms with Gasteiger partial charge in [0.05, 0.1) is 0 Å². The number of hydrogen-bond donors (Lipinski definition) is 1. The van der Waals surface area contributed by atoms with E-state index in [1.165, 1.54) is 64.2 Å². The molecule has 1 heteroatoms. The molecule has 0 aliphatic heterocycles. The van der Waals surface area contributed by atoms with Crippen molar-refractivity contribution in [3.05, 3.63) is 0 Å². The maximum atomic E-state index is 6.04. The number of rotatable bonds is 7. The topological polar surface area (TPSA) is 26.0 Å². The Bertz CT molecular complexity index is 178. The largest absolute Gasteiger partial charge is 0.330 e. The van der Waals surface area contributed by atoms with E-state index in [2.05, 4.69) is 13.8 Å². The molecule has 2 atom stereocenters. The van der Waals surface area contributed by atoms with E-state index in [4.69, 9.17) is 5.73 Å². The van der Waals surface area contributed by atoms with E-state index in [0.717, 1.165) is 12.5 Å². The molecule has 0 radical (unpaired) electrons. The number of hydrogen-bond acceptors (Lipinski definition) is 1. The Kier molecular flexibility index (Phi) is 6.41. The SMILES string of the molecule is CCCCCCCC1(CN)CCCC(C)C1. The van der Waals surface area contributed by atoms with E-state index in [-0.39, 0.29) is 0 Å². The second-order valence-corrected chi connectivity index (χ2v) is 6.07. The van der Waals surface area contributed by atoms with Gasteiger partial charge in [-0.2, -0.15) is 0 Å². The molecule has 1 fully saturated rings. The van der Waals surface area contributed by atoms with Crippen molar-refractivity contribution in [2.24, 2.45) is 17.1 Å². The summed E-state index contributed by atoms with van der Waals surface area (Å²) >= 11 is 0. The molecule has 2 N–H and O–H groups in total. The van der Waals surface area contributed by atoms with Crippen molar-refractivity contribution in [2.45, 2.75) is 78.1 Å². The lowest BCUT2D eigenvalue weighted by Gasteiger charge is -2.39. The van der Waals surface area contributed by atoms with Gasteiger partial charge in [-0.1, -0.05) is 58.8 Å². The predicted molar refractivity (Wildman–Crippen MR) is 72.5 cm³/mol. The highest BCUT2D eigenvalue weighted by atomic mass is 14.6. The second kappa shape index (κ2) is 7.32. The summed E-state index contributed by atoms with van der Waals surface area (Å²) in [6.07, 6.45) is 14.0. The molecule has 0 aromatic heterocycles. The summed E-state index contributed by atoms with van der Waals surface area (Å²) in [5, 5.41) is 0. The molecule has 0 spiro atoms. The van der Waals surface area contributed by atoms with Crippen LogP contribution in [0.1, 0.15) is 78.1 Å². The molecule has 0 saturated heterocycles. The Labute approximate surface area is 102 Å². The molecule has 1 saturated carbocycles. The van der Waals surface area contributed by atoms with E-state index in [1.807, 2.05) is 0 Å². The highest BCUT2D eigenvalue weighted by Crippen LogP contribution is 2.42. The average Bonchev–Trinajstić information content (AvgIpc) is 2.29. The molecule has 0 aromatic rings. The Morgan fingerprint density at radius 3 is 2.56 bits per heavy atom. The van der Waals surface area contributed by atoms with E-state index in [9.17, 15) is 0 Å². The van der Waals surface area contributed by atoms with Crippen molar-refractivity contribution in [1.29, 1.82) is 0 Å². The van der Waals surface area contributed by atoms with Crippen molar-refractivity contribution in [3.8, 4) is 0 Å². The summed E-state index contributed by atoms with van der Waals surface area (Å²) in [5.41, 5.74) is 6.56. The highest BCUT2D eigenvalue weighted by molar-refractivity contribution is 4.86. The van der Waals surface area contributed by atoms with Gasteiger partial charge in [-0.25, -0.2) is 0 Å². The monoisotopic (exact) mass is 225 g/mol. The maximum Gasteiger partial charge on any atom is -0.00204 e. The van der Waals surface area contributed by atoms with Crippen LogP contribution >= 0.6 is 0 Å². The highest BCUT2D eigenvalue weighted by Gasteiger charge is 2.32. The molecular weight excluding hydrogens is 194 g/mol. The van der Waals surface area contributed by atoms with Gasteiger partial charge in [0.25, 0.3) is 0 Å². The van der Waals surface area contributed by atoms with Gasteiger partial charge in [0.1, 0.15) is 0 Å². The molecule has 0 amide bonds. The minimum Gasteiger partial charge on any atom is -0.330 e. The molecular formula is C15H31N.